The maximum Gasteiger partial charge on any atom is 0.416 e. The molecule has 1 unspecified atom stereocenters. The van der Waals surface area contributed by atoms with E-state index in [-0.39, 0.29) is 6.04 Å². The Morgan fingerprint density at radius 1 is 1.16 bits per heavy atom. The van der Waals surface area contributed by atoms with Crippen LogP contribution in [0.3, 0.4) is 0 Å². The van der Waals surface area contributed by atoms with Gasteiger partial charge in [-0.1, -0.05) is 29.3 Å². The van der Waals surface area contributed by atoms with E-state index in [0.29, 0.717) is 29.6 Å². The van der Waals surface area contributed by atoms with Gasteiger partial charge in [-0.3, -0.25) is 4.90 Å². The number of aryl methyl sites for hydroxylation is 1. The van der Waals surface area contributed by atoms with Crippen LogP contribution in [0.1, 0.15) is 28.4 Å². The number of ether oxygens (including phenoxy) is 2. The second kappa shape index (κ2) is 8.20. The van der Waals surface area contributed by atoms with Crippen molar-refractivity contribution in [3.05, 3.63) is 88.2 Å². The van der Waals surface area contributed by atoms with E-state index in [9.17, 15) is 4.79 Å². The number of rotatable bonds is 3. The van der Waals surface area contributed by atoms with Crippen LogP contribution >= 0.6 is 11.6 Å². The number of aromatic amines is 1. The third-order valence-corrected chi connectivity index (χ3v) is 6.07. The number of fused-ring (bicyclic) bond motifs is 3. The van der Waals surface area contributed by atoms with Gasteiger partial charge in [0.2, 0.25) is 5.88 Å². The lowest BCUT2D eigenvalue weighted by Gasteiger charge is -2.35. The molecule has 162 valence electrons. The monoisotopic (exact) mass is 447 g/mol. The molecule has 1 aliphatic rings. The number of benzene rings is 2. The number of carbonyl (C=O) groups excluding carboxylic acids is 1. The molecule has 1 aliphatic heterocycles. The standard InChI is InChI=1S/C25H22ClN3O3/c1-15-3-7-18(8-4-15)32-25(30)29-12-11-19-20-13-17(26)6-9-21(20)28-23(19)24(29)16-5-10-22(31-2)27-14-16/h3-10,13-14,24,28H,11-12H2,1-2H3. The second-order valence-electron chi connectivity index (χ2n) is 7.87. The Hall–Kier alpha value is -3.51. The molecule has 0 fully saturated rings. The van der Waals surface area contributed by atoms with Crippen LogP contribution in [0.5, 0.6) is 11.6 Å². The van der Waals surface area contributed by atoms with Crippen LogP contribution in [0, 0.1) is 6.92 Å². The van der Waals surface area contributed by atoms with Crippen molar-refractivity contribution in [2.24, 2.45) is 0 Å². The van der Waals surface area contributed by atoms with Crippen molar-refractivity contribution in [3.8, 4) is 11.6 Å². The van der Waals surface area contributed by atoms with Crippen molar-refractivity contribution in [2.45, 2.75) is 19.4 Å². The molecule has 1 atom stereocenters. The maximum absolute atomic E-state index is 13.3. The first kappa shape index (κ1) is 20.4. The molecule has 4 aromatic rings. The van der Waals surface area contributed by atoms with Gasteiger partial charge in [-0.15, -0.1) is 0 Å². The minimum atomic E-state index is -0.406. The Labute approximate surface area is 190 Å². The summed E-state index contributed by atoms with van der Waals surface area (Å²) in [6.45, 7) is 2.50. The Morgan fingerprint density at radius 3 is 2.69 bits per heavy atom. The number of methoxy groups -OCH3 is 1. The van der Waals surface area contributed by atoms with Gasteiger partial charge in [0, 0.05) is 40.4 Å². The molecular weight excluding hydrogens is 426 g/mol. The fourth-order valence-corrected chi connectivity index (χ4v) is 4.42. The largest absolute Gasteiger partial charge is 0.481 e. The maximum atomic E-state index is 13.3. The van der Waals surface area contributed by atoms with Gasteiger partial charge in [0.25, 0.3) is 0 Å². The fourth-order valence-electron chi connectivity index (χ4n) is 4.24. The van der Waals surface area contributed by atoms with Crippen LogP contribution in [0.4, 0.5) is 4.79 Å². The summed E-state index contributed by atoms with van der Waals surface area (Å²) >= 11 is 6.26. The number of amides is 1. The summed E-state index contributed by atoms with van der Waals surface area (Å²) in [7, 11) is 1.58. The van der Waals surface area contributed by atoms with Crippen LogP contribution in [0.2, 0.25) is 5.02 Å². The van der Waals surface area contributed by atoms with Crippen molar-refractivity contribution >= 4 is 28.6 Å². The number of H-pyrrole nitrogens is 1. The number of hydrogen-bond acceptors (Lipinski definition) is 4. The van der Waals surface area contributed by atoms with E-state index in [2.05, 4.69) is 9.97 Å². The molecule has 6 nitrogen and oxygen atoms in total. The highest BCUT2D eigenvalue weighted by molar-refractivity contribution is 6.31. The molecule has 5 rings (SSSR count). The van der Waals surface area contributed by atoms with E-state index in [4.69, 9.17) is 21.1 Å². The zero-order chi connectivity index (χ0) is 22.2. The van der Waals surface area contributed by atoms with Crippen LogP contribution in [-0.4, -0.2) is 34.6 Å². The lowest BCUT2D eigenvalue weighted by molar-refractivity contribution is 0.135. The molecule has 2 aromatic carbocycles. The number of nitrogens with one attached hydrogen (secondary N) is 1. The first-order chi connectivity index (χ1) is 15.5. The van der Waals surface area contributed by atoms with Crippen LogP contribution < -0.4 is 9.47 Å². The number of carbonyl (C=O) groups is 1. The molecule has 0 spiro atoms. The Balaban J connectivity index is 1.57. The first-order valence-corrected chi connectivity index (χ1v) is 10.8. The molecule has 7 heteroatoms. The van der Waals surface area contributed by atoms with Crippen molar-refractivity contribution in [1.29, 1.82) is 0 Å². The number of aromatic nitrogens is 2. The average Bonchev–Trinajstić information content (AvgIpc) is 3.18. The summed E-state index contributed by atoms with van der Waals surface area (Å²) in [6.07, 6.45) is 2.03. The van der Waals surface area contributed by atoms with Crippen molar-refractivity contribution in [2.75, 3.05) is 13.7 Å². The van der Waals surface area contributed by atoms with Gasteiger partial charge in [0.1, 0.15) is 11.8 Å². The molecule has 32 heavy (non-hydrogen) atoms. The molecule has 1 N–H and O–H groups in total. The third-order valence-electron chi connectivity index (χ3n) is 5.83. The van der Waals surface area contributed by atoms with E-state index in [0.717, 1.165) is 33.3 Å². The van der Waals surface area contributed by atoms with E-state index in [1.807, 2.05) is 43.3 Å². The second-order valence-corrected chi connectivity index (χ2v) is 8.30. The topological polar surface area (TPSA) is 67.5 Å². The third kappa shape index (κ3) is 3.67. The summed E-state index contributed by atoms with van der Waals surface area (Å²) in [5.74, 6) is 1.03. The predicted molar refractivity (Wildman–Crippen MR) is 124 cm³/mol. The predicted octanol–water partition coefficient (Wildman–Crippen LogP) is 5.68. The molecule has 0 aliphatic carbocycles. The number of nitrogens with zero attached hydrogens (tertiary/aromatic N) is 2. The quantitative estimate of drug-likeness (QED) is 0.438. The normalized spacial score (nSPS) is 15.5. The molecule has 3 heterocycles. The highest BCUT2D eigenvalue weighted by Gasteiger charge is 2.36. The van der Waals surface area contributed by atoms with Gasteiger partial charge >= 0.3 is 6.09 Å². The van der Waals surface area contributed by atoms with Gasteiger partial charge in [-0.2, -0.15) is 0 Å². The van der Waals surface area contributed by atoms with Gasteiger partial charge < -0.3 is 14.5 Å². The summed E-state index contributed by atoms with van der Waals surface area (Å²) in [4.78, 5) is 22.9. The van der Waals surface area contributed by atoms with E-state index in [1.54, 1.807) is 36.4 Å². The van der Waals surface area contributed by atoms with Crippen molar-refractivity contribution < 1.29 is 14.3 Å². The van der Waals surface area contributed by atoms with Crippen molar-refractivity contribution in [3.63, 3.8) is 0 Å². The van der Waals surface area contributed by atoms with Crippen molar-refractivity contribution in [1.82, 2.24) is 14.9 Å². The van der Waals surface area contributed by atoms with Gasteiger partial charge in [-0.25, -0.2) is 9.78 Å². The number of hydrogen-bond donors (Lipinski definition) is 1. The van der Waals surface area contributed by atoms with Crippen LogP contribution in [0.25, 0.3) is 10.9 Å². The molecule has 0 saturated carbocycles. The molecule has 1 amide bonds. The minimum Gasteiger partial charge on any atom is -0.481 e. The SMILES string of the molecule is COc1ccc(C2c3[nH]c4ccc(Cl)cc4c3CCN2C(=O)Oc2ccc(C)cc2)cn1. The highest BCUT2D eigenvalue weighted by atomic mass is 35.5. The minimum absolute atomic E-state index is 0.374. The summed E-state index contributed by atoms with van der Waals surface area (Å²) in [6, 6.07) is 16.6. The number of halogens is 1. The zero-order valence-corrected chi connectivity index (χ0v) is 18.5. The van der Waals surface area contributed by atoms with Gasteiger partial charge in [0.15, 0.2) is 0 Å². The molecular formula is C25H22ClN3O3. The van der Waals surface area contributed by atoms with Crippen LogP contribution in [-0.2, 0) is 6.42 Å². The Bertz CT molecular complexity index is 1280. The highest BCUT2D eigenvalue weighted by Crippen LogP contribution is 2.39. The molecule has 2 aromatic heterocycles. The molecule has 0 saturated heterocycles. The summed E-state index contributed by atoms with van der Waals surface area (Å²) in [5, 5.41) is 1.76. The lowest BCUT2D eigenvalue weighted by Crippen LogP contribution is -2.42. The first-order valence-electron chi connectivity index (χ1n) is 10.4. The smallest absolute Gasteiger partial charge is 0.416 e. The summed E-state index contributed by atoms with van der Waals surface area (Å²) < 4.78 is 10.9. The average molecular weight is 448 g/mol. The van der Waals surface area contributed by atoms with E-state index < -0.39 is 6.09 Å². The van der Waals surface area contributed by atoms with Gasteiger partial charge in [-0.05, 0) is 60.9 Å². The van der Waals surface area contributed by atoms with Crippen LogP contribution in [0.15, 0.2) is 60.8 Å². The Kier molecular flexibility index (Phi) is 5.23. The Morgan fingerprint density at radius 2 is 1.97 bits per heavy atom. The molecule has 0 bridgehead atoms. The van der Waals surface area contributed by atoms with E-state index >= 15 is 0 Å². The van der Waals surface area contributed by atoms with Gasteiger partial charge in [0.05, 0.1) is 7.11 Å². The summed E-state index contributed by atoms with van der Waals surface area (Å²) in [5.41, 5.74) is 5.06. The fraction of sp³-hybridized carbons (Fsp3) is 0.200. The lowest BCUT2D eigenvalue weighted by atomic mass is 9.93. The molecule has 0 radical (unpaired) electrons. The number of pyridine rings is 1. The zero-order valence-electron chi connectivity index (χ0n) is 17.8. The van der Waals surface area contributed by atoms with E-state index in [1.165, 1.54) is 0 Å².